The van der Waals surface area contributed by atoms with Gasteiger partial charge in [0.25, 0.3) is 5.91 Å². The summed E-state index contributed by atoms with van der Waals surface area (Å²) >= 11 is 1.46. The van der Waals surface area contributed by atoms with Crippen LogP contribution < -0.4 is 19.0 Å². The van der Waals surface area contributed by atoms with E-state index < -0.39 is 5.92 Å². The summed E-state index contributed by atoms with van der Waals surface area (Å²) in [6, 6.07) is 19.2. The van der Waals surface area contributed by atoms with Gasteiger partial charge in [-0.25, -0.2) is 0 Å². The Hall–Kier alpha value is -3.58. The molecule has 1 amide bonds. The van der Waals surface area contributed by atoms with E-state index in [0.29, 0.717) is 29.5 Å². The quantitative estimate of drug-likeness (QED) is 0.450. The van der Waals surface area contributed by atoms with Crippen LogP contribution in [0.2, 0.25) is 0 Å². The van der Waals surface area contributed by atoms with Gasteiger partial charge in [0.05, 0.1) is 16.1 Å². The first-order chi connectivity index (χ1) is 15.2. The Morgan fingerprint density at radius 3 is 2.23 bits per heavy atom. The van der Waals surface area contributed by atoms with Gasteiger partial charge in [0, 0.05) is 30.3 Å². The van der Waals surface area contributed by atoms with E-state index in [2.05, 4.69) is 4.99 Å². The lowest BCUT2D eigenvalue weighted by molar-refractivity contribution is -0.118. The Morgan fingerprint density at radius 2 is 1.55 bits per heavy atom. The summed E-state index contributed by atoms with van der Waals surface area (Å²) in [6.45, 7) is 1.07. The third-order valence-corrected chi connectivity index (χ3v) is 6.70. The van der Waals surface area contributed by atoms with E-state index >= 15 is 0 Å². The number of carbonyl (C=O) groups is 1. The maximum Gasteiger partial charge on any atom is 0.260 e. The number of hydrogen-bond donors (Lipinski definition) is 0. The van der Waals surface area contributed by atoms with Gasteiger partial charge in [-0.2, -0.15) is 4.99 Å². The van der Waals surface area contributed by atoms with Crippen LogP contribution in [0.5, 0.6) is 23.0 Å². The Balaban J connectivity index is 1.49. The number of para-hydroxylation sites is 2. The molecule has 1 aromatic heterocycles. The first-order valence-electron chi connectivity index (χ1n) is 10.0. The normalized spacial score (nSPS) is 15.3. The van der Waals surface area contributed by atoms with Crippen LogP contribution >= 0.6 is 11.3 Å². The minimum absolute atomic E-state index is 0.220. The molecule has 0 spiro atoms. The first-order valence-corrected chi connectivity index (χ1v) is 10.8. The fourth-order valence-electron chi connectivity index (χ4n) is 4.11. The van der Waals surface area contributed by atoms with Crippen LogP contribution in [0.3, 0.4) is 0 Å². The molecule has 7 heteroatoms. The number of aryl methyl sites for hydroxylation is 1. The molecule has 6 nitrogen and oxygen atoms in total. The number of ether oxygens (including phenoxy) is 3. The molecule has 2 aliphatic heterocycles. The molecular formula is C24H18N2O4S. The highest BCUT2D eigenvalue weighted by Crippen LogP contribution is 2.44. The standard InChI is InChI=1S/C24H18N2O4S/c1-26-16-12-19-20(29-11-10-28-19)13-21(16)31-24(26)25-23(27)22-14-6-2-4-8-17(14)30-18-9-5-3-7-15(18)22/h2-9,12-13,22H,10-11H2,1H3. The molecule has 154 valence electrons. The van der Waals surface area contributed by atoms with E-state index in [1.165, 1.54) is 11.3 Å². The highest BCUT2D eigenvalue weighted by Gasteiger charge is 2.32. The van der Waals surface area contributed by atoms with Gasteiger partial charge in [0.2, 0.25) is 0 Å². The van der Waals surface area contributed by atoms with E-state index in [1.807, 2.05) is 72.3 Å². The summed E-state index contributed by atoms with van der Waals surface area (Å²) in [5, 5.41) is 0. The van der Waals surface area contributed by atoms with Crippen molar-refractivity contribution >= 4 is 27.5 Å². The molecule has 0 aliphatic carbocycles. The zero-order chi connectivity index (χ0) is 20.9. The van der Waals surface area contributed by atoms with Gasteiger partial charge >= 0.3 is 0 Å². The van der Waals surface area contributed by atoms with Gasteiger partial charge in [-0.05, 0) is 12.1 Å². The number of thiazole rings is 1. The number of nitrogens with zero attached hydrogens (tertiary/aromatic N) is 2. The second kappa shape index (κ2) is 6.99. The third-order valence-electron chi connectivity index (χ3n) is 5.61. The first kappa shape index (κ1) is 18.2. The van der Waals surface area contributed by atoms with Crippen molar-refractivity contribution in [3.63, 3.8) is 0 Å². The number of carbonyl (C=O) groups excluding carboxylic acids is 1. The lowest BCUT2D eigenvalue weighted by Crippen LogP contribution is -2.21. The number of hydrogen-bond acceptors (Lipinski definition) is 5. The molecule has 0 atom stereocenters. The van der Waals surface area contributed by atoms with Crippen molar-refractivity contribution in [2.45, 2.75) is 5.92 Å². The predicted molar refractivity (Wildman–Crippen MR) is 117 cm³/mol. The Morgan fingerprint density at radius 1 is 0.935 bits per heavy atom. The van der Waals surface area contributed by atoms with Crippen molar-refractivity contribution < 1.29 is 19.0 Å². The number of amides is 1. The maximum atomic E-state index is 13.5. The molecular weight excluding hydrogens is 412 g/mol. The molecule has 0 N–H and O–H groups in total. The molecule has 31 heavy (non-hydrogen) atoms. The van der Waals surface area contributed by atoms with E-state index in [0.717, 1.165) is 32.8 Å². The zero-order valence-electron chi connectivity index (χ0n) is 16.7. The molecule has 0 saturated heterocycles. The summed E-state index contributed by atoms with van der Waals surface area (Å²) < 4.78 is 20.3. The van der Waals surface area contributed by atoms with Crippen molar-refractivity contribution in [3.05, 3.63) is 76.6 Å². The highest BCUT2D eigenvalue weighted by atomic mass is 32.1. The highest BCUT2D eigenvalue weighted by molar-refractivity contribution is 7.16. The van der Waals surface area contributed by atoms with E-state index in [1.54, 1.807) is 0 Å². The Labute approximate surface area is 182 Å². The van der Waals surface area contributed by atoms with E-state index in [4.69, 9.17) is 14.2 Å². The van der Waals surface area contributed by atoms with E-state index in [-0.39, 0.29) is 5.91 Å². The van der Waals surface area contributed by atoms with Gasteiger partial charge in [-0.15, -0.1) is 0 Å². The minimum Gasteiger partial charge on any atom is -0.486 e. The van der Waals surface area contributed by atoms with Crippen LogP contribution in [0.1, 0.15) is 17.0 Å². The van der Waals surface area contributed by atoms with Crippen molar-refractivity contribution in [2.75, 3.05) is 13.2 Å². The summed E-state index contributed by atoms with van der Waals surface area (Å²) in [6.07, 6.45) is 0. The molecule has 4 aromatic rings. The monoisotopic (exact) mass is 430 g/mol. The fourth-order valence-corrected chi connectivity index (χ4v) is 5.14. The van der Waals surface area contributed by atoms with Crippen LogP contribution in [0.4, 0.5) is 0 Å². The second-order valence-corrected chi connectivity index (χ2v) is 8.48. The SMILES string of the molecule is Cn1c(=NC(=O)C2c3ccccc3Oc3ccccc32)sc2cc3c(cc21)OCCO3. The smallest absolute Gasteiger partial charge is 0.260 e. The number of aromatic nitrogens is 1. The minimum atomic E-state index is -0.508. The van der Waals surface area contributed by atoms with Crippen molar-refractivity contribution in [2.24, 2.45) is 12.0 Å². The van der Waals surface area contributed by atoms with Crippen molar-refractivity contribution in [1.29, 1.82) is 0 Å². The summed E-state index contributed by atoms with van der Waals surface area (Å²) in [5.41, 5.74) is 2.61. The van der Waals surface area contributed by atoms with Gasteiger partial charge in [-0.3, -0.25) is 4.79 Å². The summed E-state index contributed by atoms with van der Waals surface area (Å²) in [7, 11) is 1.91. The van der Waals surface area contributed by atoms with E-state index in [9.17, 15) is 4.79 Å². The maximum absolute atomic E-state index is 13.5. The largest absolute Gasteiger partial charge is 0.486 e. The predicted octanol–water partition coefficient (Wildman–Crippen LogP) is 4.38. The zero-order valence-corrected chi connectivity index (χ0v) is 17.5. The third kappa shape index (κ3) is 2.92. The second-order valence-electron chi connectivity index (χ2n) is 7.47. The van der Waals surface area contributed by atoms with Crippen LogP contribution in [0, 0.1) is 0 Å². The topological polar surface area (TPSA) is 62.1 Å². The van der Waals surface area contributed by atoms with Gasteiger partial charge in [0.15, 0.2) is 16.3 Å². The van der Waals surface area contributed by atoms with Crippen LogP contribution in [-0.4, -0.2) is 23.7 Å². The lowest BCUT2D eigenvalue weighted by atomic mass is 9.87. The molecule has 3 aromatic carbocycles. The Bertz CT molecular complexity index is 1370. The number of fused-ring (bicyclic) bond motifs is 4. The average molecular weight is 430 g/mol. The number of benzene rings is 3. The Kier molecular flexibility index (Phi) is 4.11. The lowest BCUT2D eigenvalue weighted by Gasteiger charge is -2.25. The molecule has 0 bridgehead atoms. The summed E-state index contributed by atoms with van der Waals surface area (Å²) in [4.78, 5) is 18.7. The molecule has 6 rings (SSSR count). The molecule has 0 saturated carbocycles. The van der Waals surface area contributed by atoms with Gasteiger partial charge in [-0.1, -0.05) is 47.7 Å². The number of rotatable bonds is 1. The molecule has 2 aliphatic rings. The fraction of sp³-hybridized carbons (Fsp3) is 0.167. The van der Waals surface area contributed by atoms with Crippen LogP contribution in [-0.2, 0) is 11.8 Å². The molecule has 0 fully saturated rings. The van der Waals surface area contributed by atoms with Crippen molar-refractivity contribution in [1.82, 2.24) is 4.57 Å². The van der Waals surface area contributed by atoms with Crippen LogP contribution in [0.25, 0.3) is 10.2 Å². The summed E-state index contributed by atoms with van der Waals surface area (Å²) in [5.74, 6) is 2.10. The van der Waals surface area contributed by atoms with Gasteiger partial charge < -0.3 is 18.8 Å². The average Bonchev–Trinajstić information content (AvgIpc) is 3.10. The molecule has 0 radical (unpaired) electrons. The van der Waals surface area contributed by atoms with Gasteiger partial charge in [0.1, 0.15) is 24.7 Å². The molecule has 3 heterocycles. The molecule has 0 unspecified atom stereocenters. The van der Waals surface area contributed by atoms with Crippen LogP contribution in [0.15, 0.2) is 65.7 Å². The van der Waals surface area contributed by atoms with Crippen molar-refractivity contribution in [3.8, 4) is 23.0 Å².